The number of hydrogen-bond donors (Lipinski definition) is 2. The summed E-state index contributed by atoms with van der Waals surface area (Å²) in [5, 5.41) is 3.05. The van der Waals surface area contributed by atoms with Crippen molar-refractivity contribution in [1.82, 2.24) is 24.8 Å². The van der Waals surface area contributed by atoms with Gasteiger partial charge in [0.15, 0.2) is 0 Å². The Morgan fingerprint density at radius 1 is 1.42 bits per heavy atom. The van der Waals surface area contributed by atoms with Gasteiger partial charge in [-0.2, -0.15) is 0 Å². The third-order valence-corrected chi connectivity index (χ3v) is 4.48. The second-order valence-electron chi connectivity index (χ2n) is 6.46. The molecule has 1 aliphatic rings. The van der Waals surface area contributed by atoms with Crippen molar-refractivity contribution in [3.63, 3.8) is 0 Å². The number of pyridine rings is 1. The van der Waals surface area contributed by atoms with Gasteiger partial charge in [-0.1, -0.05) is 0 Å². The fourth-order valence-electron chi connectivity index (χ4n) is 3.17. The van der Waals surface area contributed by atoms with Crippen molar-refractivity contribution in [3.05, 3.63) is 38.2 Å². The summed E-state index contributed by atoms with van der Waals surface area (Å²) in [5.41, 5.74) is -0.0960. The number of aryl methyl sites for hydroxylation is 2. The first-order valence-electron chi connectivity index (χ1n) is 7.94. The Morgan fingerprint density at radius 2 is 2.17 bits per heavy atom. The molecule has 2 aromatic heterocycles. The largest absolute Gasteiger partial charge is 0.352 e. The van der Waals surface area contributed by atoms with Crippen molar-refractivity contribution < 1.29 is 4.79 Å². The van der Waals surface area contributed by atoms with Crippen molar-refractivity contribution in [2.75, 3.05) is 26.7 Å². The molecule has 2 N–H and O–H groups in total. The highest BCUT2D eigenvalue weighted by Crippen LogP contribution is 2.15. The second-order valence-corrected chi connectivity index (χ2v) is 6.46. The molecular weight excluding hydrogens is 310 g/mol. The molecule has 1 fully saturated rings. The number of carbonyl (C=O) groups is 1. The molecule has 0 bridgehead atoms. The molecule has 1 aliphatic heterocycles. The molecule has 0 aliphatic carbocycles. The fourth-order valence-corrected chi connectivity index (χ4v) is 3.17. The standard InChI is InChI=1S/C16H21N5O3/c1-9-6-11(14(22)17-7-10-4-5-20(2)8-10)12-13(18-9)21(3)16(24)19-15(12)23/h6,10H,4-5,7-8H2,1-3H3,(H,17,22)(H,19,23,24). The van der Waals surface area contributed by atoms with E-state index in [1.807, 2.05) is 0 Å². The number of nitrogens with one attached hydrogen (secondary N) is 2. The van der Waals surface area contributed by atoms with E-state index < -0.39 is 11.2 Å². The third-order valence-electron chi connectivity index (χ3n) is 4.48. The highest BCUT2D eigenvalue weighted by Gasteiger charge is 2.22. The predicted molar refractivity (Wildman–Crippen MR) is 90.3 cm³/mol. The first-order chi connectivity index (χ1) is 11.4. The number of carbonyl (C=O) groups excluding carboxylic acids is 1. The van der Waals surface area contributed by atoms with Gasteiger partial charge >= 0.3 is 5.69 Å². The number of nitrogens with zero attached hydrogens (tertiary/aromatic N) is 3. The van der Waals surface area contributed by atoms with Gasteiger partial charge < -0.3 is 10.2 Å². The van der Waals surface area contributed by atoms with Gasteiger partial charge in [-0.05, 0) is 38.9 Å². The van der Waals surface area contributed by atoms with E-state index >= 15 is 0 Å². The molecule has 1 atom stereocenters. The van der Waals surface area contributed by atoms with Crippen LogP contribution in [0.2, 0.25) is 0 Å². The molecule has 1 saturated heterocycles. The minimum atomic E-state index is -0.591. The van der Waals surface area contributed by atoms with Crippen LogP contribution in [-0.2, 0) is 7.05 Å². The van der Waals surface area contributed by atoms with Crippen LogP contribution in [-0.4, -0.2) is 52.0 Å². The predicted octanol–water partition coefficient (Wildman–Crippen LogP) is -0.388. The van der Waals surface area contributed by atoms with Crippen LogP contribution in [0, 0.1) is 12.8 Å². The van der Waals surface area contributed by atoms with Gasteiger partial charge in [0.2, 0.25) is 0 Å². The molecule has 0 saturated carbocycles. The van der Waals surface area contributed by atoms with Crippen LogP contribution in [0.3, 0.4) is 0 Å². The molecule has 0 radical (unpaired) electrons. The number of likely N-dealkylation sites (tertiary alicyclic amines) is 1. The third kappa shape index (κ3) is 2.96. The molecular formula is C16H21N5O3. The molecule has 1 unspecified atom stereocenters. The van der Waals surface area contributed by atoms with Crippen molar-refractivity contribution in [1.29, 1.82) is 0 Å². The molecule has 24 heavy (non-hydrogen) atoms. The summed E-state index contributed by atoms with van der Waals surface area (Å²) >= 11 is 0. The van der Waals surface area contributed by atoms with E-state index in [0.29, 0.717) is 18.2 Å². The van der Waals surface area contributed by atoms with Crippen LogP contribution in [0.5, 0.6) is 0 Å². The Bertz CT molecular complexity index is 914. The van der Waals surface area contributed by atoms with Gasteiger partial charge in [-0.3, -0.25) is 19.1 Å². The number of aromatic amines is 1. The highest BCUT2D eigenvalue weighted by molar-refractivity contribution is 6.05. The minimum Gasteiger partial charge on any atom is -0.352 e. The number of amides is 1. The molecule has 2 aromatic rings. The maximum Gasteiger partial charge on any atom is 0.329 e. The van der Waals surface area contributed by atoms with Crippen LogP contribution in [0.15, 0.2) is 15.7 Å². The molecule has 3 heterocycles. The molecule has 8 heteroatoms. The van der Waals surface area contributed by atoms with Gasteiger partial charge in [0, 0.05) is 25.8 Å². The number of fused-ring (bicyclic) bond motifs is 1. The lowest BCUT2D eigenvalue weighted by Gasteiger charge is -2.13. The van der Waals surface area contributed by atoms with Gasteiger partial charge in [0.05, 0.1) is 10.9 Å². The van der Waals surface area contributed by atoms with E-state index in [9.17, 15) is 14.4 Å². The average molecular weight is 331 g/mol. The lowest BCUT2D eigenvalue weighted by Crippen LogP contribution is -2.34. The maximum absolute atomic E-state index is 12.6. The van der Waals surface area contributed by atoms with E-state index in [1.165, 1.54) is 11.6 Å². The van der Waals surface area contributed by atoms with Crippen LogP contribution in [0.25, 0.3) is 11.0 Å². The Labute approximate surface area is 138 Å². The van der Waals surface area contributed by atoms with Crippen LogP contribution in [0.1, 0.15) is 22.5 Å². The monoisotopic (exact) mass is 331 g/mol. The van der Waals surface area contributed by atoms with E-state index in [-0.39, 0.29) is 22.5 Å². The summed E-state index contributed by atoms with van der Waals surface area (Å²) in [4.78, 5) is 45.2. The summed E-state index contributed by atoms with van der Waals surface area (Å²) in [7, 11) is 3.57. The Morgan fingerprint density at radius 3 is 2.83 bits per heavy atom. The molecule has 1 amide bonds. The van der Waals surface area contributed by atoms with Crippen molar-refractivity contribution >= 4 is 16.9 Å². The summed E-state index contributed by atoms with van der Waals surface area (Å²) in [6.07, 6.45) is 1.04. The molecule has 128 valence electrons. The quantitative estimate of drug-likeness (QED) is 0.798. The second kappa shape index (κ2) is 6.20. The zero-order valence-corrected chi connectivity index (χ0v) is 14.0. The summed E-state index contributed by atoms with van der Waals surface area (Å²) in [6, 6.07) is 1.58. The van der Waals surface area contributed by atoms with Crippen molar-refractivity contribution in [3.8, 4) is 0 Å². The molecule has 8 nitrogen and oxygen atoms in total. The van der Waals surface area contributed by atoms with E-state index in [1.54, 1.807) is 13.0 Å². The lowest BCUT2D eigenvalue weighted by molar-refractivity contribution is 0.0949. The number of aromatic nitrogens is 3. The zero-order chi connectivity index (χ0) is 17.4. The number of rotatable bonds is 3. The van der Waals surface area contributed by atoms with Gasteiger partial charge in [0.1, 0.15) is 5.65 Å². The first-order valence-corrected chi connectivity index (χ1v) is 7.94. The average Bonchev–Trinajstić information content (AvgIpc) is 2.95. The van der Waals surface area contributed by atoms with E-state index in [4.69, 9.17) is 0 Å². The Kier molecular flexibility index (Phi) is 4.23. The molecule has 3 rings (SSSR count). The minimum absolute atomic E-state index is 0.142. The van der Waals surface area contributed by atoms with Crippen LogP contribution >= 0.6 is 0 Å². The molecule has 0 aromatic carbocycles. The van der Waals surface area contributed by atoms with Crippen molar-refractivity contribution in [2.45, 2.75) is 13.3 Å². The van der Waals surface area contributed by atoms with Crippen LogP contribution in [0.4, 0.5) is 0 Å². The Balaban J connectivity index is 1.96. The maximum atomic E-state index is 12.6. The fraction of sp³-hybridized carbons (Fsp3) is 0.500. The van der Waals surface area contributed by atoms with Crippen LogP contribution < -0.4 is 16.6 Å². The van der Waals surface area contributed by atoms with Crippen molar-refractivity contribution in [2.24, 2.45) is 13.0 Å². The Hall–Kier alpha value is -2.48. The van der Waals surface area contributed by atoms with Gasteiger partial charge in [-0.25, -0.2) is 9.78 Å². The highest BCUT2D eigenvalue weighted by atomic mass is 16.2. The lowest BCUT2D eigenvalue weighted by atomic mass is 10.1. The van der Waals surface area contributed by atoms with E-state index in [0.717, 1.165) is 19.5 Å². The van der Waals surface area contributed by atoms with Gasteiger partial charge in [-0.15, -0.1) is 0 Å². The van der Waals surface area contributed by atoms with E-state index in [2.05, 4.69) is 27.2 Å². The number of hydrogen-bond acceptors (Lipinski definition) is 5. The number of H-pyrrole nitrogens is 1. The molecule has 0 spiro atoms. The summed E-state index contributed by atoms with van der Waals surface area (Å²) in [6.45, 7) is 4.27. The summed E-state index contributed by atoms with van der Waals surface area (Å²) < 4.78 is 1.24. The van der Waals surface area contributed by atoms with Gasteiger partial charge in [0.25, 0.3) is 11.5 Å². The SMILES string of the molecule is Cc1cc(C(=O)NCC2CCN(C)C2)c2c(=O)[nH]c(=O)n(C)c2n1. The first kappa shape index (κ1) is 16.4. The smallest absolute Gasteiger partial charge is 0.329 e. The normalized spacial score (nSPS) is 18.2. The topological polar surface area (TPSA) is 100 Å². The zero-order valence-electron chi connectivity index (χ0n) is 14.0. The summed E-state index contributed by atoms with van der Waals surface area (Å²) in [5.74, 6) is 0.0972.